The van der Waals surface area contributed by atoms with Gasteiger partial charge in [0.2, 0.25) is 0 Å². The van der Waals surface area contributed by atoms with Crippen LogP contribution in [0.4, 0.5) is 16.2 Å². The Bertz CT molecular complexity index is 1670. The lowest BCUT2D eigenvalue weighted by molar-refractivity contribution is 0.0514. The van der Waals surface area contributed by atoms with E-state index in [1.807, 2.05) is 86.5 Å². The summed E-state index contributed by atoms with van der Waals surface area (Å²) >= 11 is 0. The number of rotatable bonds is 13. The Morgan fingerprint density at radius 3 is 2.33 bits per heavy atom. The predicted molar refractivity (Wildman–Crippen MR) is 187 cm³/mol. The number of esters is 1. The van der Waals surface area contributed by atoms with Crippen molar-refractivity contribution in [3.8, 4) is 17.2 Å². The zero-order valence-electron chi connectivity index (χ0n) is 28.6. The normalized spacial score (nSPS) is 12.6. The first-order valence-electron chi connectivity index (χ1n) is 15.6. The van der Waals surface area contributed by atoms with E-state index in [2.05, 4.69) is 10.6 Å². The minimum Gasteiger partial charge on any atom is -0.496 e. The molecule has 0 saturated heterocycles. The van der Waals surface area contributed by atoms with Gasteiger partial charge in [-0.2, -0.15) is 0 Å². The zero-order valence-corrected chi connectivity index (χ0v) is 28.6. The molecule has 4 rings (SSSR count). The number of carbonyl (C=O) groups is 2. The summed E-state index contributed by atoms with van der Waals surface area (Å²) in [4.78, 5) is 31.7. The number of methoxy groups -OCH3 is 3. The molecule has 0 unspecified atom stereocenters. The van der Waals surface area contributed by atoms with Crippen LogP contribution >= 0.6 is 0 Å². The Balaban J connectivity index is 1.73. The molecule has 0 aromatic heterocycles. The Hall–Kier alpha value is -5.45. The van der Waals surface area contributed by atoms with Crippen molar-refractivity contribution in [1.29, 1.82) is 0 Å². The van der Waals surface area contributed by atoms with E-state index in [-0.39, 0.29) is 12.5 Å². The fraction of sp³-hybridized carbons (Fsp3) is 0.324. The van der Waals surface area contributed by atoms with Crippen LogP contribution in [0.1, 0.15) is 55.6 Å². The van der Waals surface area contributed by atoms with E-state index >= 15 is 0 Å². The first kappa shape index (κ1) is 35.4. The highest BCUT2D eigenvalue weighted by molar-refractivity contribution is 5.90. The van der Waals surface area contributed by atoms with Crippen molar-refractivity contribution >= 4 is 29.7 Å². The van der Waals surface area contributed by atoms with Crippen molar-refractivity contribution in [3.05, 3.63) is 101 Å². The second kappa shape index (κ2) is 16.4. The Labute approximate surface area is 282 Å². The SMILES string of the molecule is CCOC(=O)c1cccc(NC2=CCC=NC(N(Cc3c(OC)cc(OC)cc3OC)c3cccc(CNC(=O)OC(C)(C)C)c3)=C2)c1. The molecule has 0 spiro atoms. The summed E-state index contributed by atoms with van der Waals surface area (Å²) in [6.45, 7) is 8.11. The molecular weight excluding hydrogens is 612 g/mol. The number of alkyl carbamates (subject to hydrolysis) is 1. The third-order valence-electron chi connectivity index (χ3n) is 7.08. The van der Waals surface area contributed by atoms with Crippen molar-refractivity contribution in [1.82, 2.24) is 5.32 Å². The van der Waals surface area contributed by atoms with Crippen LogP contribution in [0.25, 0.3) is 0 Å². The summed E-state index contributed by atoms with van der Waals surface area (Å²) in [6, 6.07) is 18.6. The van der Waals surface area contributed by atoms with Gasteiger partial charge in [0.05, 0.1) is 45.6 Å². The molecule has 0 bridgehead atoms. The second-order valence-electron chi connectivity index (χ2n) is 11.8. The molecule has 1 heterocycles. The number of benzene rings is 3. The van der Waals surface area contributed by atoms with Gasteiger partial charge < -0.3 is 39.2 Å². The van der Waals surface area contributed by atoms with Crippen LogP contribution in [0.2, 0.25) is 0 Å². The number of amides is 1. The average Bonchev–Trinajstić information content (AvgIpc) is 3.30. The fourth-order valence-electron chi connectivity index (χ4n) is 4.92. The van der Waals surface area contributed by atoms with Gasteiger partial charge in [0.15, 0.2) is 0 Å². The summed E-state index contributed by atoms with van der Waals surface area (Å²) in [7, 11) is 4.79. The van der Waals surface area contributed by atoms with E-state index in [1.165, 1.54) is 0 Å². The number of nitrogens with one attached hydrogen (secondary N) is 2. The standard InChI is InChI=1S/C37H44N4O7/c1-8-47-35(42)26-13-10-14-27(19-26)40-28-15-11-17-38-34(20-28)41(24-31-32(45-6)21-30(44-5)22-33(31)46-7)29-16-9-12-25(18-29)23-39-36(43)48-37(2,3)4/h9-10,12-22,40H,8,11,23-24H2,1-7H3,(H,39,43). The number of allylic oxidation sites excluding steroid dienone is 2. The van der Waals surface area contributed by atoms with Crippen LogP contribution in [-0.4, -0.2) is 51.8 Å². The first-order chi connectivity index (χ1) is 23.0. The fourth-order valence-corrected chi connectivity index (χ4v) is 4.92. The van der Waals surface area contributed by atoms with Gasteiger partial charge in [0.25, 0.3) is 0 Å². The van der Waals surface area contributed by atoms with Crippen molar-refractivity contribution < 1.29 is 33.3 Å². The number of hydrogen-bond donors (Lipinski definition) is 2. The predicted octanol–water partition coefficient (Wildman–Crippen LogP) is 7.23. The van der Waals surface area contributed by atoms with Gasteiger partial charge in [-0.3, -0.25) is 0 Å². The molecule has 2 N–H and O–H groups in total. The maximum absolute atomic E-state index is 12.4. The van der Waals surface area contributed by atoms with Gasteiger partial charge >= 0.3 is 12.1 Å². The molecule has 3 aromatic carbocycles. The van der Waals surface area contributed by atoms with E-state index in [1.54, 1.807) is 46.5 Å². The van der Waals surface area contributed by atoms with Crippen LogP contribution in [0, 0.1) is 0 Å². The lowest BCUT2D eigenvalue weighted by atomic mass is 10.1. The molecule has 48 heavy (non-hydrogen) atoms. The highest BCUT2D eigenvalue weighted by Gasteiger charge is 2.22. The minimum absolute atomic E-state index is 0.262. The first-order valence-corrected chi connectivity index (χ1v) is 15.6. The number of aliphatic imine (C=N–C) groups is 1. The van der Waals surface area contributed by atoms with Crippen LogP contribution in [0.15, 0.2) is 89.3 Å². The summed E-state index contributed by atoms with van der Waals surface area (Å²) in [5.74, 6) is 2.01. The molecule has 0 saturated carbocycles. The van der Waals surface area contributed by atoms with Crippen molar-refractivity contribution in [3.63, 3.8) is 0 Å². The monoisotopic (exact) mass is 656 g/mol. The van der Waals surface area contributed by atoms with Gasteiger partial charge in [-0.25, -0.2) is 14.6 Å². The van der Waals surface area contributed by atoms with Crippen LogP contribution in [0.3, 0.4) is 0 Å². The van der Waals surface area contributed by atoms with Crippen LogP contribution in [-0.2, 0) is 22.6 Å². The van der Waals surface area contributed by atoms with Gasteiger partial charge in [-0.05, 0) is 63.6 Å². The summed E-state index contributed by atoms with van der Waals surface area (Å²) in [6.07, 6.45) is 5.86. The smallest absolute Gasteiger partial charge is 0.407 e. The quantitative estimate of drug-likeness (QED) is 0.184. The molecule has 3 aromatic rings. The van der Waals surface area contributed by atoms with Gasteiger partial charge in [-0.1, -0.05) is 24.3 Å². The van der Waals surface area contributed by atoms with E-state index in [4.69, 9.17) is 28.7 Å². The summed E-state index contributed by atoms with van der Waals surface area (Å²) in [5, 5.41) is 6.26. The minimum atomic E-state index is -0.609. The molecule has 0 radical (unpaired) electrons. The van der Waals surface area contributed by atoms with Crippen molar-refractivity contribution in [2.75, 3.05) is 38.2 Å². The number of nitrogens with zero attached hydrogens (tertiary/aromatic N) is 2. The molecule has 254 valence electrons. The Morgan fingerprint density at radius 2 is 1.67 bits per heavy atom. The van der Waals surface area contributed by atoms with E-state index < -0.39 is 11.7 Å². The molecule has 0 fully saturated rings. The molecule has 1 aliphatic rings. The van der Waals surface area contributed by atoms with E-state index in [0.29, 0.717) is 48.2 Å². The number of anilines is 2. The Morgan fingerprint density at radius 1 is 0.938 bits per heavy atom. The van der Waals surface area contributed by atoms with Gasteiger partial charge in [0, 0.05) is 54.5 Å². The maximum atomic E-state index is 12.4. The average molecular weight is 657 g/mol. The van der Waals surface area contributed by atoms with Crippen molar-refractivity contribution in [2.45, 2.75) is 52.8 Å². The molecular formula is C37H44N4O7. The summed E-state index contributed by atoms with van der Waals surface area (Å²) < 4.78 is 27.7. The highest BCUT2D eigenvalue weighted by atomic mass is 16.6. The van der Waals surface area contributed by atoms with Crippen LogP contribution < -0.4 is 29.7 Å². The molecule has 11 heteroatoms. The lowest BCUT2D eigenvalue weighted by Gasteiger charge is -2.28. The zero-order chi connectivity index (χ0) is 34.7. The Kier molecular flexibility index (Phi) is 12.1. The third-order valence-corrected chi connectivity index (χ3v) is 7.08. The molecule has 0 aliphatic carbocycles. The van der Waals surface area contributed by atoms with E-state index in [9.17, 15) is 9.59 Å². The lowest BCUT2D eigenvalue weighted by Crippen LogP contribution is -2.32. The number of hydrogen-bond acceptors (Lipinski definition) is 10. The third kappa shape index (κ3) is 9.78. The topological polar surface area (TPSA) is 120 Å². The van der Waals surface area contributed by atoms with E-state index in [0.717, 1.165) is 28.2 Å². The molecule has 1 amide bonds. The number of carbonyl (C=O) groups excluding carboxylic acids is 2. The van der Waals surface area contributed by atoms with Gasteiger partial charge in [0.1, 0.15) is 28.7 Å². The van der Waals surface area contributed by atoms with Crippen LogP contribution in [0.5, 0.6) is 17.2 Å². The molecule has 0 atom stereocenters. The second-order valence-corrected chi connectivity index (χ2v) is 11.8. The molecule has 1 aliphatic heterocycles. The van der Waals surface area contributed by atoms with Gasteiger partial charge in [-0.15, -0.1) is 0 Å². The number of ether oxygens (including phenoxy) is 5. The molecule has 11 nitrogen and oxygen atoms in total. The largest absolute Gasteiger partial charge is 0.496 e. The summed E-state index contributed by atoms with van der Waals surface area (Å²) in [5.41, 5.74) is 3.80. The highest BCUT2D eigenvalue weighted by Crippen LogP contribution is 2.37. The van der Waals surface area contributed by atoms with Crippen molar-refractivity contribution in [2.24, 2.45) is 4.99 Å². The maximum Gasteiger partial charge on any atom is 0.407 e.